The van der Waals surface area contributed by atoms with Crippen molar-refractivity contribution in [2.45, 2.75) is 17.1 Å². The van der Waals surface area contributed by atoms with Gasteiger partial charge in [-0.05, 0) is 25.1 Å². The Labute approximate surface area is 120 Å². The number of halogens is 1. The lowest BCUT2D eigenvalue weighted by Gasteiger charge is -2.12. The topological polar surface area (TPSA) is 72.9 Å². The predicted octanol–water partition coefficient (Wildman–Crippen LogP) is 2.26. The molecule has 0 aliphatic carbocycles. The first-order valence-electron chi connectivity index (χ1n) is 5.97. The molecule has 3 N–H and O–H groups in total. The minimum Gasteiger partial charge on any atom is -0.397 e. The van der Waals surface area contributed by atoms with Gasteiger partial charge in [0.2, 0.25) is 5.91 Å². The number of thioether (sulfide) groups is 1. The molecule has 0 radical (unpaired) electrons. The van der Waals surface area contributed by atoms with Gasteiger partial charge in [-0.1, -0.05) is 0 Å². The van der Waals surface area contributed by atoms with E-state index in [0.717, 1.165) is 4.90 Å². The highest BCUT2D eigenvalue weighted by molar-refractivity contribution is 8.00. The van der Waals surface area contributed by atoms with E-state index in [9.17, 15) is 9.18 Å². The zero-order chi connectivity index (χ0) is 14.7. The number of benzene rings is 1. The van der Waals surface area contributed by atoms with Crippen molar-refractivity contribution in [2.75, 3.05) is 11.1 Å². The Morgan fingerprint density at radius 2 is 2.30 bits per heavy atom. The molecule has 7 heteroatoms. The molecule has 2 aromatic rings. The summed E-state index contributed by atoms with van der Waals surface area (Å²) in [6, 6.07) is 3.88. The number of hydrogen-bond acceptors (Lipinski definition) is 4. The quantitative estimate of drug-likeness (QED) is 0.670. The van der Waals surface area contributed by atoms with Gasteiger partial charge < -0.3 is 11.1 Å². The van der Waals surface area contributed by atoms with Crippen LogP contribution in [0, 0.1) is 5.82 Å². The Morgan fingerprint density at radius 1 is 1.55 bits per heavy atom. The van der Waals surface area contributed by atoms with Gasteiger partial charge in [-0.25, -0.2) is 4.39 Å². The van der Waals surface area contributed by atoms with Crippen LogP contribution in [0.4, 0.5) is 15.8 Å². The highest BCUT2D eigenvalue weighted by Crippen LogP contribution is 2.25. The summed E-state index contributed by atoms with van der Waals surface area (Å²) in [5, 5.41) is 6.41. The molecule has 0 aliphatic heterocycles. The molecule has 0 saturated carbocycles. The fourth-order valence-electron chi connectivity index (χ4n) is 1.60. The molecule has 0 saturated heterocycles. The van der Waals surface area contributed by atoms with Crippen LogP contribution in [0.5, 0.6) is 0 Å². The number of aromatic nitrogens is 2. The standard InChI is InChI=1S/C13H15FN4OS/c1-8(20-10-6-16-18(2)7-10)13(19)17-12-4-3-9(14)5-11(12)15/h3-8H,15H2,1-2H3,(H,17,19). The number of hydrogen-bond donors (Lipinski definition) is 2. The van der Waals surface area contributed by atoms with E-state index < -0.39 is 5.82 Å². The summed E-state index contributed by atoms with van der Waals surface area (Å²) in [6.07, 6.45) is 3.53. The number of rotatable bonds is 4. The third kappa shape index (κ3) is 3.51. The van der Waals surface area contributed by atoms with Crippen molar-refractivity contribution in [1.29, 1.82) is 0 Å². The second-order valence-electron chi connectivity index (χ2n) is 4.33. The van der Waals surface area contributed by atoms with Crippen LogP contribution in [0.2, 0.25) is 0 Å². The average Bonchev–Trinajstić information content (AvgIpc) is 2.78. The first kappa shape index (κ1) is 14.4. The maximum Gasteiger partial charge on any atom is 0.237 e. The van der Waals surface area contributed by atoms with Crippen molar-refractivity contribution < 1.29 is 9.18 Å². The molecule has 106 valence electrons. The Bertz CT molecular complexity index is 629. The van der Waals surface area contributed by atoms with Crippen LogP contribution in [0.15, 0.2) is 35.5 Å². The largest absolute Gasteiger partial charge is 0.397 e. The molecule has 0 bridgehead atoms. The molecule has 1 heterocycles. The molecule has 1 aromatic carbocycles. The number of nitrogens with two attached hydrogens (primary N) is 1. The van der Waals surface area contributed by atoms with Gasteiger partial charge in [-0.2, -0.15) is 5.10 Å². The monoisotopic (exact) mass is 294 g/mol. The Hall–Kier alpha value is -2.02. The lowest BCUT2D eigenvalue weighted by molar-refractivity contribution is -0.115. The molecular weight excluding hydrogens is 279 g/mol. The van der Waals surface area contributed by atoms with Gasteiger partial charge in [0.1, 0.15) is 5.82 Å². The zero-order valence-corrected chi connectivity index (χ0v) is 11.9. The van der Waals surface area contributed by atoms with Crippen molar-refractivity contribution in [1.82, 2.24) is 9.78 Å². The summed E-state index contributed by atoms with van der Waals surface area (Å²) in [5.41, 5.74) is 6.27. The predicted molar refractivity (Wildman–Crippen MR) is 78.0 cm³/mol. The highest BCUT2D eigenvalue weighted by atomic mass is 32.2. The Morgan fingerprint density at radius 3 is 2.90 bits per heavy atom. The van der Waals surface area contributed by atoms with Crippen LogP contribution in [0.3, 0.4) is 0 Å². The van der Waals surface area contributed by atoms with Gasteiger partial charge in [0.15, 0.2) is 0 Å². The van der Waals surface area contributed by atoms with E-state index >= 15 is 0 Å². The van der Waals surface area contributed by atoms with E-state index in [-0.39, 0.29) is 16.8 Å². The van der Waals surface area contributed by atoms with E-state index in [1.165, 1.54) is 30.0 Å². The van der Waals surface area contributed by atoms with Crippen molar-refractivity contribution in [2.24, 2.45) is 7.05 Å². The number of carbonyl (C=O) groups is 1. The molecule has 1 unspecified atom stereocenters. The number of carbonyl (C=O) groups excluding carboxylic acids is 1. The molecule has 1 atom stereocenters. The van der Waals surface area contributed by atoms with Gasteiger partial charge in [0.25, 0.3) is 0 Å². The van der Waals surface area contributed by atoms with Crippen molar-refractivity contribution in [3.63, 3.8) is 0 Å². The molecule has 0 fully saturated rings. The van der Waals surface area contributed by atoms with Crippen molar-refractivity contribution in [3.8, 4) is 0 Å². The Balaban J connectivity index is 2.00. The average molecular weight is 294 g/mol. The normalized spacial score (nSPS) is 12.2. The summed E-state index contributed by atoms with van der Waals surface area (Å²) >= 11 is 1.39. The summed E-state index contributed by atoms with van der Waals surface area (Å²) in [7, 11) is 1.81. The number of nitrogens with zero attached hydrogens (tertiary/aromatic N) is 2. The second-order valence-corrected chi connectivity index (χ2v) is 5.74. The highest BCUT2D eigenvalue weighted by Gasteiger charge is 2.16. The molecule has 0 aliphatic rings. The fourth-order valence-corrected chi connectivity index (χ4v) is 2.49. The van der Waals surface area contributed by atoms with E-state index in [1.54, 1.807) is 17.8 Å². The van der Waals surface area contributed by atoms with Gasteiger partial charge in [-0.3, -0.25) is 9.48 Å². The first-order valence-corrected chi connectivity index (χ1v) is 6.85. The van der Waals surface area contributed by atoms with Crippen LogP contribution in [0.25, 0.3) is 0 Å². The second kappa shape index (κ2) is 5.96. The third-order valence-corrected chi connectivity index (χ3v) is 3.69. The van der Waals surface area contributed by atoms with E-state index in [4.69, 9.17) is 5.73 Å². The molecular formula is C13H15FN4OS. The van der Waals surface area contributed by atoms with Gasteiger partial charge in [-0.15, -0.1) is 11.8 Å². The first-order chi connectivity index (χ1) is 9.45. The van der Waals surface area contributed by atoms with E-state index in [1.807, 2.05) is 13.2 Å². The van der Waals surface area contributed by atoms with E-state index in [0.29, 0.717) is 5.69 Å². The van der Waals surface area contributed by atoms with Crippen LogP contribution in [0.1, 0.15) is 6.92 Å². The van der Waals surface area contributed by atoms with Gasteiger partial charge in [0.05, 0.1) is 22.8 Å². The van der Waals surface area contributed by atoms with Crippen LogP contribution >= 0.6 is 11.8 Å². The minimum atomic E-state index is -0.432. The Kier molecular flexibility index (Phi) is 4.29. The number of aryl methyl sites for hydroxylation is 1. The summed E-state index contributed by atoms with van der Waals surface area (Å²) in [4.78, 5) is 13.0. The maximum absolute atomic E-state index is 12.9. The lowest BCUT2D eigenvalue weighted by atomic mass is 10.2. The third-order valence-electron chi connectivity index (χ3n) is 2.63. The van der Waals surface area contributed by atoms with Crippen LogP contribution < -0.4 is 11.1 Å². The molecule has 2 rings (SSSR count). The minimum absolute atomic E-state index is 0.197. The number of anilines is 2. The number of nitrogens with one attached hydrogen (secondary N) is 1. The number of nitrogen functional groups attached to an aromatic ring is 1. The maximum atomic E-state index is 12.9. The van der Waals surface area contributed by atoms with Gasteiger partial charge >= 0.3 is 0 Å². The number of amides is 1. The SMILES string of the molecule is CC(Sc1cnn(C)c1)C(=O)Nc1ccc(F)cc1N. The zero-order valence-electron chi connectivity index (χ0n) is 11.1. The molecule has 1 aromatic heterocycles. The molecule has 1 amide bonds. The molecule has 20 heavy (non-hydrogen) atoms. The smallest absolute Gasteiger partial charge is 0.237 e. The van der Waals surface area contributed by atoms with Crippen molar-refractivity contribution >= 4 is 29.0 Å². The fraction of sp³-hybridized carbons (Fsp3) is 0.231. The summed E-state index contributed by atoms with van der Waals surface area (Å²) in [6.45, 7) is 1.78. The summed E-state index contributed by atoms with van der Waals surface area (Å²) < 4.78 is 14.6. The molecule has 5 nitrogen and oxygen atoms in total. The van der Waals surface area contributed by atoms with Gasteiger partial charge in [0, 0.05) is 18.1 Å². The lowest BCUT2D eigenvalue weighted by Crippen LogP contribution is -2.22. The molecule has 0 spiro atoms. The van der Waals surface area contributed by atoms with Crippen LogP contribution in [-0.4, -0.2) is 20.9 Å². The van der Waals surface area contributed by atoms with Crippen LogP contribution in [-0.2, 0) is 11.8 Å². The summed E-state index contributed by atoms with van der Waals surface area (Å²) in [5.74, 6) is -0.629. The van der Waals surface area contributed by atoms with Crippen molar-refractivity contribution in [3.05, 3.63) is 36.4 Å². The van der Waals surface area contributed by atoms with E-state index in [2.05, 4.69) is 10.4 Å².